The minimum absolute atomic E-state index is 0.0685. The van der Waals surface area contributed by atoms with E-state index >= 15 is 4.39 Å². The second-order valence-corrected chi connectivity index (χ2v) is 8.23. The zero-order valence-corrected chi connectivity index (χ0v) is 17.4. The van der Waals surface area contributed by atoms with Crippen molar-refractivity contribution in [3.05, 3.63) is 40.0 Å². The molecule has 0 N–H and O–H groups in total. The number of hydrogen-bond donors (Lipinski definition) is 0. The molecule has 0 atom stereocenters. The molecule has 2 aromatic rings. The van der Waals surface area contributed by atoms with Crippen LogP contribution in [0.5, 0.6) is 0 Å². The number of thiophene rings is 1. The molecule has 0 saturated carbocycles. The van der Waals surface area contributed by atoms with Crippen LogP contribution in [0.1, 0.15) is 50.7 Å². The number of aromatic nitrogens is 3. The Kier molecular flexibility index (Phi) is 5.74. The molecule has 0 radical (unpaired) electrons. The van der Waals surface area contributed by atoms with Gasteiger partial charge in [0.1, 0.15) is 5.73 Å². The third kappa shape index (κ3) is 4.04. The molecule has 0 amide bonds. The van der Waals surface area contributed by atoms with Gasteiger partial charge in [0.15, 0.2) is 5.69 Å². The molecular formula is C18H23BFN3O4S. The fraction of sp³-hybridized carbons (Fsp3) is 0.500. The van der Waals surface area contributed by atoms with Gasteiger partial charge in [0.2, 0.25) is 0 Å². The van der Waals surface area contributed by atoms with Gasteiger partial charge in [0.05, 0.1) is 30.6 Å². The first-order chi connectivity index (χ1) is 13.1. The van der Waals surface area contributed by atoms with Gasteiger partial charge in [-0.2, -0.15) is 11.3 Å². The van der Waals surface area contributed by atoms with Crippen LogP contribution >= 0.6 is 11.3 Å². The summed E-state index contributed by atoms with van der Waals surface area (Å²) in [5, 5.41) is 11.4. The van der Waals surface area contributed by atoms with E-state index in [1.54, 1.807) is 6.92 Å². The van der Waals surface area contributed by atoms with Crippen molar-refractivity contribution in [2.75, 3.05) is 6.61 Å². The first-order valence-corrected chi connectivity index (χ1v) is 9.93. The van der Waals surface area contributed by atoms with E-state index in [9.17, 15) is 4.79 Å². The predicted octanol–water partition coefficient (Wildman–Crippen LogP) is 3.53. The van der Waals surface area contributed by atoms with Crippen LogP contribution in [-0.4, -0.2) is 45.9 Å². The Bertz CT molecular complexity index is 863. The smallest absolute Gasteiger partial charge is 0.461 e. The molecule has 1 fully saturated rings. The van der Waals surface area contributed by atoms with E-state index in [2.05, 4.69) is 10.3 Å². The number of esters is 1. The third-order valence-corrected chi connectivity index (χ3v) is 5.64. The zero-order chi connectivity index (χ0) is 20.5. The molecule has 10 heteroatoms. The largest absolute Gasteiger partial charge is 0.525 e. The summed E-state index contributed by atoms with van der Waals surface area (Å²) in [7, 11) is -1.12. The summed E-state index contributed by atoms with van der Waals surface area (Å²) in [5.41, 5.74) is -0.698. The lowest BCUT2D eigenvalue weighted by atomic mass is 9.83. The molecule has 1 aliphatic heterocycles. The van der Waals surface area contributed by atoms with Gasteiger partial charge in [0, 0.05) is 5.57 Å². The van der Waals surface area contributed by atoms with E-state index in [4.69, 9.17) is 14.0 Å². The molecule has 7 nitrogen and oxygen atoms in total. The topological polar surface area (TPSA) is 75.5 Å². The summed E-state index contributed by atoms with van der Waals surface area (Å²) in [4.78, 5) is 11.8. The maximum Gasteiger partial charge on any atom is 0.525 e. The van der Waals surface area contributed by atoms with Gasteiger partial charge in [-0.15, -0.1) is 5.10 Å². The van der Waals surface area contributed by atoms with Gasteiger partial charge in [-0.25, -0.2) is 13.9 Å². The summed E-state index contributed by atoms with van der Waals surface area (Å²) in [6, 6.07) is 1.81. The van der Waals surface area contributed by atoms with Crippen molar-refractivity contribution >= 4 is 30.0 Å². The van der Waals surface area contributed by atoms with Crippen LogP contribution in [-0.2, 0) is 20.6 Å². The maximum atomic E-state index is 15.5. The molecule has 28 heavy (non-hydrogen) atoms. The van der Waals surface area contributed by atoms with Crippen LogP contribution in [0.15, 0.2) is 28.7 Å². The van der Waals surface area contributed by atoms with Crippen molar-refractivity contribution < 1.29 is 23.2 Å². The first-order valence-electron chi connectivity index (χ1n) is 8.98. The quantitative estimate of drug-likeness (QED) is 0.539. The molecule has 0 spiro atoms. The molecule has 3 heterocycles. The van der Waals surface area contributed by atoms with E-state index in [-0.39, 0.29) is 18.8 Å². The monoisotopic (exact) mass is 407 g/mol. The number of allylic oxidation sites excluding steroid dienone is 1. The minimum atomic E-state index is -1.12. The molecule has 150 valence electrons. The van der Waals surface area contributed by atoms with Crippen molar-refractivity contribution in [3.8, 4) is 0 Å². The van der Waals surface area contributed by atoms with Crippen molar-refractivity contribution in [1.29, 1.82) is 0 Å². The fourth-order valence-corrected chi connectivity index (χ4v) is 3.34. The molecule has 0 unspecified atom stereocenters. The predicted molar refractivity (Wildman–Crippen MR) is 104 cm³/mol. The molecule has 3 rings (SSSR count). The van der Waals surface area contributed by atoms with Gasteiger partial charge in [0.25, 0.3) is 0 Å². The average Bonchev–Trinajstić information content (AvgIpc) is 3.33. The van der Waals surface area contributed by atoms with Crippen LogP contribution in [0.3, 0.4) is 0 Å². The summed E-state index contributed by atoms with van der Waals surface area (Å²) in [6.07, 6.45) is 1.43. The van der Waals surface area contributed by atoms with Gasteiger partial charge in [-0.05, 0) is 57.0 Å². The van der Waals surface area contributed by atoms with E-state index in [0.717, 1.165) is 0 Å². The highest BCUT2D eigenvalue weighted by molar-refractivity contribution is 7.08. The van der Waals surface area contributed by atoms with E-state index < -0.39 is 30.0 Å². The standard InChI is InChI=1S/C18H23BFN3O4S/c1-6-25-16(24)14-10-23(22-21-14)9-13(12-7-8-28-11-12)15(20)19-26-17(2,3)18(4,5)27-19/h7-8,10-11H,6,9H2,1-5H3. The summed E-state index contributed by atoms with van der Waals surface area (Å²) < 4.78 is 33.5. The van der Waals surface area contributed by atoms with Gasteiger partial charge in [-0.1, -0.05) is 5.21 Å². The Morgan fingerprint density at radius 1 is 1.32 bits per heavy atom. The number of carbonyl (C=O) groups is 1. The normalized spacial score (nSPS) is 18.9. The van der Waals surface area contributed by atoms with E-state index in [0.29, 0.717) is 11.1 Å². The molecule has 0 bridgehead atoms. The summed E-state index contributed by atoms with van der Waals surface area (Å²) in [6.45, 7) is 9.49. The Labute approximate surface area is 167 Å². The van der Waals surface area contributed by atoms with Crippen molar-refractivity contribution in [2.45, 2.75) is 52.4 Å². The number of carbonyl (C=O) groups excluding carboxylic acids is 1. The third-order valence-electron chi connectivity index (χ3n) is 4.96. The van der Waals surface area contributed by atoms with Gasteiger partial charge >= 0.3 is 13.1 Å². The summed E-state index contributed by atoms with van der Waals surface area (Å²) in [5.74, 6) is -0.568. The molecule has 2 aromatic heterocycles. The van der Waals surface area contributed by atoms with E-state index in [1.807, 2.05) is 44.5 Å². The molecule has 0 aromatic carbocycles. The minimum Gasteiger partial charge on any atom is -0.461 e. The van der Waals surface area contributed by atoms with Gasteiger partial charge in [-0.3, -0.25) is 0 Å². The number of hydrogen-bond acceptors (Lipinski definition) is 7. The van der Waals surface area contributed by atoms with Crippen LogP contribution < -0.4 is 0 Å². The second-order valence-electron chi connectivity index (χ2n) is 7.45. The Balaban J connectivity index is 1.91. The maximum absolute atomic E-state index is 15.5. The Hall–Kier alpha value is -2.04. The SMILES string of the molecule is CCOC(=O)c1cn(CC(=C(F)B2OC(C)(C)C(C)(C)O2)c2ccsc2)nn1. The number of halogens is 1. The number of nitrogens with zero attached hydrogens (tertiary/aromatic N) is 3. The highest BCUT2D eigenvalue weighted by Crippen LogP contribution is 2.40. The van der Waals surface area contributed by atoms with Crippen LogP contribution in [0.2, 0.25) is 0 Å². The van der Waals surface area contributed by atoms with Crippen molar-refractivity contribution in [3.63, 3.8) is 0 Å². The fourth-order valence-electron chi connectivity index (χ4n) is 2.67. The highest BCUT2D eigenvalue weighted by Gasteiger charge is 2.53. The van der Waals surface area contributed by atoms with Crippen molar-refractivity contribution in [2.24, 2.45) is 0 Å². The van der Waals surface area contributed by atoms with Crippen LogP contribution in [0.4, 0.5) is 4.39 Å². The Morgan fingerprint density at radius 3 is 2.57 bits per heavy atom. The van der Waals surface area contributed by atoms with Crippen molar-refractivity contribution in [1.82, 2.24) is 15.0 Å². The van der Waals surface area contributed by atoms with E-state index in [1.165, 1.54) is 22.2 Å². The van der Waals surface area contributed by atoms with Crippen LogP contribution in [0, 0.1) is 0 Å². The highest BCUT2D eigenvalue weighted by atomic mass is 32.1. The van der Waals surface area contributed by atoms with Crippen LogP contribution in [0.25, 0.3) is 5.57 Å². The Morgan fingerprint density at radius 2 is 2.00 bits per heavy atom. The number of ether oxygens (including phenoxy) is 1. The lowest BCUT2D eigenvalue weighted by Gasteiger charge is -2.32. The summed E-state index contributed by atoms with van der Waals surface area (Å²) >= 11 is 1.45. The lowest BCUT2D eigenvalue weighted by Crippen LogP contribution is -2.41. The average molecular weight is 407 g/mol. The van der Waals surface area contributed by atoms with Gasteiger partial charge < -0.3 is 14.0 Å². The molecule has 1 saturated heterocycles. The number of rotatable bonds is 6. The molecular weight excluding hydrogens is 384 g/mol. The molecule has 0 aliphatic carbocycles. The zero-order valence-electron chi connectivity index (χ0n) is 16.6. The lowest BCUT2D eigenvalue weighted by molar-refractivity contribution is 0.00578. The molecule has 1 aliphatic rings. The first kappa shape index (κ1) is 20.7. The second kappa shape index (κ2) is 7.77.